The van der Waals surface area contributed by atoms with Crippen LogP contribution in [-0.2, 0) is 19.4 Å². The number of amides is 2. The van der Waals surface area contributed by atoms with E-state index in [0.29, 0.717) is 23.9 Å². The molecule has 36 heavy (non-hydrogen) atoms. The average Bonchev–Trinajstić information content (AvgIpc) is 3.48. The van der Waals surface area contributed by atoms with E-state index in [4.69, 9.17) is 16.3 Å². The molecule has 2 aromatic carbocycles. The third-order valence-corrected chi connectivity index (χ3v) is 8.73. The monoisotopic (exact) mass is 517 g/mol. The van der Waals surface area contributed by atoms with Crippen LogP contribution < -0.4 is 10.1 Å². The third kappa shape index (κ3) is 4.08. The molecule has 0 unspecified atom stereocenters. The number of nitrogens with zero attached hydrogens (tertiary/aromatic N) is 2. The molecule has 2 amide bonds. The van der Waals surface area contributed by atoms with Gasteiger partial charge < -0.3 is 19.5 Å². The van der Waals surface area contributed by atoms with Crippen molar-refractivity contribution in [1.29, 1.82) is 0 Å². The standard InChI is InChI=1S/C29H28ClN3O2S/c1-2-35-20-15-13-19(14-16-20)27-25-11-7-17-32(25)28-22(21-8-3-6-12-26(21)36-28)18-33(27)29(34)31-24-10-5-4-9-23(24)30/h4-5,7,9-11,13-17,27H,2-3,6,8,12,18H2,1H3,(H,31,34)/t27-/m0/s1. The van der Waals surface area contributed by atoms with Gasteiger partial charge in [-0.3, -0.25) is 0 Å². The summed E-state index contributed by atoms with van der Waals surface area (Å²) < 4.78 is 7.98. The Labute approximate surface area is 220 Å². The lowest BCUT2D eigenvalue weighted by Crippen LogP contribution is -2.38. The van der Waals surface area contributed by atoms with Crippen molar-refractivity contribution in [3.05, 3.63) is 99.1 Å². The molecule has 5 nitrogen and oxygen atoms in total. The summed E-state index contributed by atoms with van der Waals surface area (Å²) >= 11 is 8.30. The zero-order chi connectivity index (χ0) is 24.6. The Morgan fingerprint density at radius 2 is 1.86 bits per heavy atom. The quantitative estimate of drug-likeness (QED) is 0.303. The SMILES string of the molecule is CCOc1ccc([C@H]2c3cccn3-c3sc4c(c3CN2C(=O)Nc2ccccc2Cl)CCCC4)cc1. The van der Waals surface area contributed by atoms with Crippen LogP contribution >= 0.6 is 22.9 Å². The molecule has 0 saturated carbocycles. The van der Waals surface area contributed by atoms with Crippen molar-refractivity contribution in [3.63, 3.8) is 0 Å². The molecule has 7 heteroatoms. The molecule has 1 aliphatic carbocycles. The van der Waals surface area contributed by atoms with E-state index in [9.17, 15) is 4.79 Å². The number of halogens is 1. The number of para-hydroxylation sites is 1. The number of ether oxygens (including phenoxy) is 1. The van der Waals surface area contributed by atoms with Crippen LogP contribution in [0.5, 0.6) is 5.75 Å². The maximum atomic E-state index is 14.0. The molecule has 4 aromatic rings. The molecular weight excluding hydrogens is 490 g/mol. The predicted molar refractivity (Wildman–Crippen MR) is 146 cm³/mol. The number of aromatic nitrogens is 1. The van der Waals surface area contributed by atoms with Gasteiger partial charge in [-0.05, 0) is 80.1 Å². The first-order valence-electron chi connectivity index (χ1n) is 12.5. The second-order valence-electron chi connectivity index (χ2n) is 9.24. The average molecular weight is 518 g/mol. The van der Waals surface area contributed by atoms with E-state index in [-0.39, 0.29) is 12.1 Å². The highest BCUT2D eigenvalue weighted by Crippen LogP contribution is 2.44. The van der Waals surface area contributed by atoms with Gasteiger partial charge >= 0.3 is 6.03 Å². The Bertz CT molecular complexity index is 1410. The highest BCUT2D eigenvalue weighted by molar-refractivity contribution is 7.15. The van der Waals surface area contributed by atoms with Gasteiger partial charge in [-0.25, -0.2) is 4.79 Å². The Balaban J connectivity index is 1.48. The maximum absolute atomic E-state index is 14.0. The van der Waals surface area contributed by atoms with Gasteiger partial charge in [0.1, 0.15) is 10.8 Å². The fraction of sp³-hybridized carbons (Fsp3) is 0.276. The van der Waals surface area contributed by atoms with Gasteiger partial charge in [0.25, 0.3) is 0 Å². The van der Waals surface area contributed by atoms with E-state index in [0.717, 1.165) is 29.8 Å². The number of fused-ring (bicyclic) bond motifs is 5. The number of thiophene rings is 1. The highest BCUT2D eigenvalue weighted by Gasteiger charge is 2.36. The zero-order valence-corrected chi connectivity index (χ0v) is 21.7. The van der Waals surface area contributed by atoms with Gasteiger partial charge in [0.15, 0.2) is 0 Å². The summed E-state index contributed by atoms with van der Waals surface area (Å²) in [5, 5.41) is 4.85. The lowest BCUT2D eigenvalue weighted by Gasteiger charge is -2.31. The number of nitrogens with one attached hydrogen (secondary N) is 1. The van der Waals surface area contributed by atoms with E-state index in [2.05, 4.69) is 40.3 Å². The van der Waals surface area contributed by atoms with Crippen LogP contribution in [0.25, 0.3) is 5.00 Å². The van der Waals surface area contributed by atoms with E-state index in [1.165, 1.54) is 33.8 Å². The minimum Gasteiger partial charge on any atom is -0.494 e. The first kappa shape index (κ1) is 23.2. The molecule has 1 aliphatic heterocycles. The van der Waals surface area contributed by atoms with Crippen LogP contribution in [0, 0.1) is 0 Å². The van der Waals surface area contributed by atoms with Crippen LogP contribution in [0.3, 0.4) is 0 Å². The van der Waals surface area contributed by atoms with E-state index >= 15 is 0 Å². The molecule has 0 fully saturated rings. The Kier molecular flexibility index (Phi) is 6.23. The molecule has 0 bridgehead atoms. The molecule has 1 N–H and O–H groups in total. The van der Waals surface area contributed by atoms with Crippen molar-refractivity contribution in [3.8, 4) is 10.8 Å². The van der Waals surface area contributed by atoms with E-state index in [1.807, 2.05) is 53.5 Å². The van der Waals surface area contributed by atoms with Crippen LogP contribution in [0.4, 0.5) is 10.5 Å². The van der Waals surface area contributed by atoms with Gasteiger partial charge in [0.05, 0.1) is 35.6 Å². The number of hydrogen-bond donors (Lipinski definition) is 1. The van der Waals surface area contributed by atoms with Gasteiger partial charge in [-0.2, -0.15) is 0 Å². The van der Waals surface area contributed by atoms with Crippen LogP contribution in [0.2, 0.25) is 5.02 Å². The number of carbonyl (C=O) groups is 1. The molecule has 0 spiro atoms. The second kappa shape index (κ2) is 9.68. The molecule has 0 radical (unpaired) electrons. The smallest absolute Gasteiger partial charge is 0.323 e. The molecule has 3 heterocycles. The zero-order valence-electron chi connectivity index (χ0n) is 20.2. The Hall–Kier alpha value is -3.22. The molecule has 1 atom stereocenters. The largest absolute Gasteiger partial charge is 0.494 e. The van der Waals surface area contributed by atoms with Crippen LogP contribution in [-0.4, -0.2) is 22.1 Å². The van der Waals surface area contributed by atoms with E-state index in [1.54, 1.807) is 6.07 Å². The number of urea groups is 1. The number of carbonyl (C=O) groups excluding carboxylic acids is 1. The highest BCUT2D eigenvalue weighted by atomic mass is 35.5. The van der Waals surface area contributed by atoms with Crippen molar-refractivity contribution >= 4 is 34.7 Å². The Morgan fingerprint density at radius 1 is 1.06 bits per heavy atom. The normalized spacial score (nSPS) is 16.5. The van der Waals surface area contributed by atoms with Crippen molar-refractivity contribution in [2.75, 3.05) is 11.9 Å². The summed E-state index contributed by atoms with van der Waals surface area (Å²) in [6, 6.07) is 19.3. The summed E-state index contributed by atoms with van der Waals surface area (Å²) in [4.78, 5) is 17.4. The molecule has 6 rings (SSSR count). The van der Waals surface area contributed by atoms with Gasteiger partial charge in [0, 0.05) is 16.6 Å². The second-order valence-corrected chi connectivity index (χ2v) is 10.7. The number of rotatable bonds is 4. The molecule has 184 valence electrons. The van der Waals surface area contributed by atoms with Crippen molar-refractivity contribution in [2.45, 2.75) is 45.2 Å². The van der Waals surface area contributed by atoms with Crippen LogP contribution in [0.15, 0.2) is 66.9 Å². The summed E-state index contributed by atoms with van der Waals surface area (Å²) in [6.07, 6.45) is 6.76. The third-order valence-electron chi connectivity index (χ3n) is 7.06. The van der Waals surface area contributed by atoms with Crippen LogP contribution in [0.1, 0.15) is 53.1 Å². The van der Waals surface area contributed by atoms with Crippen molar-refractivity contribution in [1.82, 2.24) is 9.47 Å². The molecular formula is C29H28ClN3O2S. The summed E-state index contributed by atoms with van der Waals surface area (Å²) in [7, 11) is 0. The predicted octanol–water partition coefficient (Wildman–Crippen LogP) is 7.61. The Morgan fingerprint density at radius 3 is 2.67 bits per heavy atom. The number of benzene rings is 2. The van der Waals surface area contributed by atoms with Crippen molar-refractivity contribution in [2.24, 2.45) is 0 Å². The molecule has 0 saturated heterocycles. The first-order valence-corrected chi connectivity index (χ1v) is 13.7. The summed E-state index contributed by atoms with van der Waals surface area (Å²) in [5.41, 5.74) is 5.43. The number of aryl methyl sites for hydroxylation is 1. The topological polar surface area (TPSA) is 46.5 Å². The van der Waals surface area contributed by atoms with E-state index < -0.39 is 0 Å². The fourth-order valence-corrected chi connectivity index (χ4v) is 6.99. The fourth-order valence-electron chi connectivity index (χ4n) is 5.40. The molecule has 2 aromatic heterocycles. The van der Waals surface area contributed by atoms with Gasteiger partial charge in [-0.1, -0.05) is 35.9 Å². The first-order chi connectivity index (χ1) is 17.6. The maximum Gasteiger partial charge on any atom is 0.323 e. The van der Waals surface area contributed by atoms with Crippen molar-refractivity contribution < 1.29 is 9.53 Å². The van der Waals surface area contributed by atoms with Gasteiger partial charge in [0.2, 0.25) is 0 Å². The van der Waals surface area contributed by atoms with Gasteiger partial charge in [-0.15, -0.1) is 11.3 Å². The number of anilines is 1. The summed E-state index contributed by atoms with van der Waals surface area (Å²) in [6.45, 7) is 3.13. The summed E-state index contributed by atoms with van der Waals surface area (Å²) in [5.74, 6) is 0.825. The minimum atomic E-state index is -0.267. The lowest BCUT2D eigenvalue weighted by atomic mass is 9.95. The molecule has 2 aliphatic rings. The minimum absolute atomic E-state index is 0.168. The number of hydrogen-bond acceptors (Lipinski definition) is 3. The lowest BCUT2D eigenvalue weighted by molar-refractivity contribution is 0.194.